The molecular formula is C7H14N4O3. The van der Waals surface area contributed by atoms with E-state index in [0.29, 0.717) is 5.82 Å². The molecular weight excluding hydrogens is 188 g/mol. The maximum absolute atomic E-state index is 9.60. The van der Waals surface area contributed by atoms with E-state index in [1.54, 1.807) is 7.05 Å². The van der Waals surface area contributed by atoms with E-state index < -0.39 is 12.4 Å². The number of ether oxygens (including phenoxy) is 2. The molecule has 14 heavy (non-hydrogen) atoms. The van der Waals surface area contributed by atoms with Crippen LogP contribution in [0.1, 0.15) is 5.82 Å². The monoisotopic (exact) mass is 202 g/mol. The number of hydrogen-bond donors (Lipinski definition) is 1. The van der Waals surface area contributed by atoms with Gasteiger partial charge in [0, 0.05) is 20.6 Å². The third-order valence-electron chi connectivity index (χ3n) is 1.72. The molecule has 0 aliphatic heterocycles. The summed E-state index contributed by atoms with van der Waals surface area (Å²) >= 11 is 0. The smallest absolute Gasteiger partial charge is 0.183 e. The van der Waals surface area contributed by atoms with Gasteiger partial charge in [0.1, 0.15) is 6.10 Å². The number of aryl methyl sites for hydroxylation is 1. The van der Waals surface area contributed by atoms with Crippen LogP contribution < -0.4 is 0 Å². The number of aromatic nitrogens is 4. The number of aliphatic hydroxyl groups is 1. The fourth-order valence-electron chi connectivity index (χ4n) is 1.10. The van der Waals surface area contributed by atoms with E-state index in [9.17, 15) is 5.11 Å². The molecule has 7 heteroatoms. The van der Waals surface area contributed by atoms with E-state index in [-0.39, 0.29) is 6.42 Å². The van der Waals surface area contributed by atoms with Gasteiger partial charge in [-0.15, -0.1) is 10.2 Å². The third kappa shape index (κ3) is 2.72. The summed E-state index contributed by atoms with van der Waals surface area (Å²) in [7, 11) is 4.58. The highest BCUT2D eigenvalue weighted by Gasteiger charge is 2.20. The predicted molar refractivity (Wildman–Crippen MR) is 46.3 cm³/mol. The first kappa shape index (κ1) is 11.0. The summed E-state index contributed by atoms with van der Waals surface area (Å²) in [5, 5.41) is 20.9. The van der Waals surface area contributed by atoms with Gasteiger partial charge in [0.2, 0.25) is 0 Å². The molecule has 0 bridgehead atoms. The van der Waals surface area contributed by atoms with Crippen LogP contribution in [0.25, 0.3) is 0 Å². The van der Waals surface area contributed by atoms with Gasteiger partial charge in [-0.2, -0.15) is 4.80 Å². The fraction of sp³-hybridized carbons (Fsp3) is 0.857. The first-order valence-electron chi connectivity index (χ1n) is 4.14. The van der Waals surface area contributed by atoms with Crippen LogP contribution in [0.15, 0.2) is 0 Å². The Morgan fingerprint density at radius 2 is 2.07 bits per heavy atom. The maximum atomic E-state index is 9.60. The summed E-state index contributed by atoms with van der Waals surface area (Å²) < 4.78 is 9.77. The van der Waals surface area contributed by atoms with E-state index >= 15 is 0 Å². The zero-order valence-corrected chi connectivity index (χ0v) is 8.41. The van der Waals surface area contributed by atoms with Gasteiger partial charge in [-0.3, -0.25) is 0 Å². The molecule has 1 aromatic heterocycles. The number of aliphatic hydroxyl groups excluding tert-OH is 1. The quantitative estimate of drug-likeness (QED) is 0.600. The number of tetrazole rings is 1. The second kappa shape index (κ2) is 4.99. The number of nitrogens with zero attached hydrogens (tertiary/aromatic N) is 4. The van der Waals surface area contributed by atoms with Crippen molar-refractivity contribution in [2.45, 2.75) is 18.8 Å². The second-order valence-electron chi connectivity index (χ2n) is 2.81. The Balaban J connectivity index is 2.51. The fourth-order valence-corrected chi connectivity index (χ4v) is 1.10. The molecule has 7 nitrogen and oxygen atoms in total. The molecule has 1 heterocycles. The van der Waals surface area contributed by atoms with E-state index in [2.05, 4.69) is 15.4 Å². The van der Waals surface area contributed by atoms with E-state index in [4.69, 9.17) is 9.47 Å². The van der Waals surface area contributed by atoms with E-state index in [0.717, 1.165) is 0 Å². The Kier molecular flexibility index (Phi) is 3.93. The summed E-state index contributed by atoms with van der Waals surface area (Å²) in [4.78, 5) is 1.33. The van der Waals surface area contributed by atoms with Gasteiger partial charge >= 0.3 is 0 Å². The lowest BCUT2D eigenvalue weighted by molar-refractivity contribution is -0.163. The number of rotatable bonds is 5. The second-order valence-corrected chi connectivity index (χ2v) is 2.81. The molecule has 0 radical (unpaired) electrons. The average molecular weight is 202 g/mol. The molecule has 0 spiro atoms. The predicted octanol–water partition coefficient (Wildman–Crippen LogP) is -1.27. The minimum Gasteiger partial charge on any atom is -0.387 e. The molecule has 0 aromatic carbocycles. The summed E-state index contributed by atoms with van der Waals surface area (Å²) in [6.07, 6.45) is -1.21. The van der Waals surface area contributed by atoms with Crippen LogP contribution in [0.4, 0.5) is 0 Å². The van der Waals surface area contributed by atoms with Crippen molar-refractivity contribution in [3.05, 3.63) is 5.82 Å². The Labute approximate surface area is 81.6 Å². The first-order chi connectivity index (χ1) is 6.67. The van der Waals surface area contributed by atoms with Crippen LogP contribution in [0.5, 0.6) is 0 Å². The summed E-state index contributed by atoms with van der Waals surface area (Å²) in [6.45, 7) is 0. The highest BCUT2D eigenvalue weighted by Crippen LogP contribution is 2.03. The molecule has 1 rings (SSSR count). The lowest BCUT2D eigenvalue weighted by Gasteiger charge is -2.18. The molecule has 0 saturated carbocycles. The average Bonchev–Trinajstić information content (AvgIpc) is 2.53. The lowest BCUT2D eigenvalue weighted by atomic mass is 10.2. The Morgan fingerprint density at radius 3 is 2.50 bits per heavy atom. The number of methoxy groups -OCH3 is 2. The van der Waals surface area contributed by atoms with Crippen LogP contribution in [0.2, 0.25) is 0 Å². The third-order valence-corrected chi connectivity index (χ3v) is 1.72. The van der Waals surface area contributed by atoms with Crippen molar-refractivity contribution >= 4 is 0 Å². The SMILES string of the molecule is COC(OC)C(O)Cc1nnn(C)n1. The molecule has 0 fully saturated rings. The van der Waals surface area contributed by atoms with E-state index in [1.165, 1.54) is 19.0 Å². The van der Waals surface area contributed by atoms with Gasteiger partial charge in [-0.1, -0.05) is 0 Å². The molecule has 0 amide bonds. The van der Waals surface area contributed by atoms with Crippen molar-refractivity contribution in [1.29, 1.82) is 0 Å². The molecule has 1 unspecified atom stereocenters. The minimum absolute atomic E-state index is 0.250. The topological polar surface area (TPSA) is 82.3 Å². The van der Waals surface area contributed by atoms with Crippen molar-refractivity contribution in [3.63, 3.8) is 0 Å². The van der Waals surface area contributed by atoms with Gasteiger partial charge < -0.3 is 14.6 Å². The molecule has 0 saturated heterocycles. The standard InChI is InChI=1S/C7H14N4O3/c1-11-9-6(8-10-11)4-5(12)7(13-2)14-3/h5,7,12H,4H2,1-3H3. The highest BCUT2D eigenvalue weighted by molar-refractivity contribution is 4.82. The number of hydrogen-bond acceptors (Lipinski definition) is 6. The highest BCUT2D eigenvalue weighted by atomic mass is 16.7. The first-order valence-corrected chi connectivity index (χ1v) is 4.14. The lowest BCUT2D eigenvalue weighted by Crippen LogP contribution is -2.31. The van der Waals surface area contributed by atoms with Gasteiger partial charge in [0.15, 0.2) is 12.1 Å². The van der Waals surface area contributed by atoms with Crippen molar-refractivity contribution in [1.82, 2.24) is 20.2 Å². The summed E-state index contributed by atoms with van der Waals surface area (Å²) in [6, 6.07) is 0. The minimum atomic E-state index is -0.797. The Bertz CT molecular complexity index is 274. The van der Waals surface area contributed by atoms with Crippen LogP contribution in [0.3, 0.4) is 0 Å². The van der Waals surface area contributed by atoms with Crippen LogP contribution in [0, 0.1) is 0 Å². The molecule has 0 aliphatic rings. The molecule has 1 N–H and O–H groups in total. The van der Waals surface area contributed by atoms with Crippen LogP contribution >= 0.6 is 0 Å². The Morgan fingerprint density at radius 1 is 1.43 bits per heavy atom. The largest absolute Gasteiger partial charge is 0.387 e. The zero-order valence-electron chi connectivity index (χ0n) is 8.41. The van der Waals surface area contributed by atoms with Gasteiger partial charge in [-0.05, 0) is 5.21 Å². The summed E-state index contributed by atoms with van der Waals surface area (Å²) in [5.74, 6) is 0.458. The van der Waals surface area contributed by atoms with Crippen molar-refractivity contribution in [2.24, 2.45) is 7.05 Å². The van der Waals surface area contributed by atoms with Crippen molar-refractivity contribution in [2.75, 3.05) is 14.2 Å². The molecule has 80 valence electrons. The zero-order chi connectivity index (χ0) is 10.6. The van der Waals surface area contributed by atoms with Crippen molar-refractivity contribution < 1.29 is 14.6 Å². The normalized spacial score (nSPS) is 13.5. The Hall–Kier alpha value is -1.05. The molecule has 1 aromatic rings. The van der Waals surface area contributed by atoms with Crippen molar-refractivity contribution in [3.8, 4) is 0 Å². The van der Waals surface area contributed by atoms with Gasteiger partial charge in [0.25, 0.3) is 0 Å². The van der Waals surface area contributed by atoms with Gasteiger partial charge in [0.05, 0.1) is 7.05 Å². The summed E-state index contributed by atoms with van der Waals surface area (Å²) in [5.41, 5.74) is 0. The maximum Gasteiger partial charge on any atom is 0.183 e. The van der Waals surface area contributed by atoms with E-state index in [1.807, 2.05) is 0 Å². The van der Waals surface area contributed by atoms with Gasteiger partial charge in [-0.25, -0.2) is 0 Å². The molecule has 1 atom stereocenters. The van der Waals surface area contributed by atoms with Crippen LogP contribution in [-0.4, -0.2) is 51.9 Å². The molecule has 0 aliphatic carbocycles. The van der Waals surface area contributed by atoms with Crippen LogP contribution in [-0.2, 0) is 22.9 Å².